The number of hydrogen-bond acceptors (Lipinski definition) is 7. The molecule has 0 saturated heterocycles. The molecule has 0 radical (unpaired) electrons. The van der Waals surface area contributed by atoms with E-state index in [9.17, 15) is 14.4 Å². The van der Waals surface area contributed by atoms with Crippen LogP contribution in [0.25, 0.3) is 0 Å². The number of ether oxygens (including phenoxy) is 1. The molecular formula is C30H62N4O5Si. The summed E-state index contributed by atoms with van der Waals surface area (Å²) in [5.74, 6) is -2.46. The molecule has 5 atom stereocenters. The summed E-state index contributed by atoms with van der Waals surface area (Å²) < 4.78 is 12.6. The van der Waals surface area contributed by atoms with Crippen LogP contribution in [-0.4, -0.2) is 57.2 Å². The Hall–Kier alpha value is -1.49. The fourth-order valence-electron chi connectivity index (χ4n) is 5.38. The molecule has 0 aromatic carbocycles. The van der Waals surface area contributed by atoms with Gasteiger partial charge in [-0.2, -0.15) is 0 Å². The van der Waals surface area contributed by atoms with Crippen LogP contribution in [0.5, 0.6) is 0 Å². The van der Waals surface area contributed by atoms with E-state index < -0.39 is 60.8 Å². The van der Waals surface area contributed by atoms with Gasteiger partial charge in [-0.25, -0.2) is 0 Å². The van der Waals surface area contributed by atoms with Crippen LogP contribution >= 0.6 is 0 Å². The summed E-state index contributed by atoms with van der Waals surface area (Å²) in [6.07, 6.45) is 0.475. The quantitative estimate of drug-likeness (QED) is 0.168. The van der Waals surface area contributed by atoms with Crippen LogP contribution in [0.4, 0.5) is 0 Å². The van der Waals surface area contributed by atoms with Gasteiger partial charge in [-0.1, -0.05) is 48.5 Å². The molecule has 0 saturated carbocycles. The van der Waals surface area contributed by atoms with Gasteiger partial charge in [0.1, 0.15) is 5.60 Å². The molecule has 9 nitrogen and oxygen atoms in total. The first-order valence-electron chi connectivity index (χ1n) is 14.8. The standard InChI is InChI=1S/C30H62N4O5Si/c1-18(2)20(16-31)15-21(24(35)38-28(8,9)10)22(27(5,6)7)23(32)30(19(3)4,39-40(13)14)26(37)34-17-29(11,12)25(33)36/h18-23,40H,15-17,31-32H2,1-14H3,(H2,33,36)(H,34,37)/t20-,21+,22-,23?,30+/m1/s1. The second kappa shape index (κ2) is 14.6. The molecule has 40 heavy (non-hydrogen) atoms. The number of amides is 2. The molecule has 236 valence electrons. The molecule has 0 fully saturated rings. The highest BCUT2D eigenvalue weighted by Crippen LogP contribution is 2.45. The molecule has 0 rings (SSSR count). The second-order valence-electron chi connectivity index (χ2n) is 15.1. The molecule has 7 N–H and O–H groups in total. The van der Waals surface area contributed by atoms with Gasteiger partial charge in [0, 0.05) is 12.6 Å². The zero-order valence-corrected chi connectivity index (χ0v) is 29.1. The van der Waals surface area contributed by atoms with Crippen molar-refractivity contribution in [3.8, 4) is 0 Å². The van der Waals surface area contributed by atoms with E-state index >= 15 is 0 Å². The maximum Gasteiger partial charge on any atom is 0.309 e. The Morgan fingerprint density at radius 3 is 1.75 bits per heavy atom. The normalized spacial score (nSPS) is 17.8. The van der Waals surface area contributed by atoms with Gasteiger partial charge in [0.2, 0.25) is 5.91 Å². The van der Waals surface area contributed by atoms with E-state index in [0.717, 1.165) is 0 Å². The number of nitrogens with one attached hydrogen (secondary N) is 1. The largest absolute Gasteiger partial charge is 0.460 e. The van der Waals surface area contributed by atoms with E-state index in [4.69, 9.17) is 26.4 Å². The lowest BCUT2D eigenvalue weighted by molar-refractivity contribution is -0.170. The summed E-state index contributed by atoms with van der Waals surface area (Å²) >= 11 is 0. The highest BCUT2D eigenvalue weighted by molar-refractivity contribution is 6.48. The number of hydrogen-bond donors (Lipinski definition) is 4. The molecule has 0 aliphatic rings. The lowest BCUT2D eigenvalue weighted by Gasteiger charge is -2.51. The minimum Gasteiger partial charge on any atom is -0.460 e. The van der Waals surface area contributed by atoms with E-state index in [1.54, 1.807) is 13.8 Å². The smallest absolute Gasteiger partial charge is 0.309 e. The summed E-state index contributed by atoms with van der Waals surface area (Å²) in [6.45, 7) is 27.4. The Morgan fingerprint density at radius 2 is 1.43 bits per heavy atom. The van der Waals surface area contributed by atoms with Gasteiger partial charge in [0.15, 0.2) is 14.6 Å². The molecule has 0 aliphatic heterocycles. The van der Waals surface area contributed by atoms with E-state index in [-0.39, 0.29) is 30.3 Å². The highest BCUT2D eigenvalue weighted by atomic mass is 28.3. The van der Waals surface area contributed by atoms with Crippen molar-refractivity contribution in [1.82, 2.24) is 5.32 Å². The molecule has 0 heterocycles. The topological polar surface area (TPSA) is 160 Å². The Morgan fingerprint density at radius 1 is 0.925 bits per heavy atom. The number of carbonyl (C=O) groups excluding carboxylic acids is 3. The molecular weight excluding hydrogens is 524 g/mol. The van der Waals surface area contributed by atoms with Gasteiger partial charge in [0.25, 0.3) is 5.91 Å². The van der Waals surface area contributed by atoms with Gasteiger partial charge in [-0.3, -0.25) is 14.4 Å². The van der Waals surface area contributed by atoms with Crippen molar-refractivity contribution in [1.29, 1.82) is 0 Å². The molecule has 0 aromatic heterocycles. The molecule has 1 unspecified atom stereocenters. The average Bonchev–Trinajstić information content (AvgIpc) is 2.75. The molecule has 0 bridgehead atoms. The van der Waals surface area contributed by atoms with Crippen LogP contribution in [0.2, 0.25) is 13.1 Å². The van der Waals surface area contributed by atoms with Crippen LogP contribution in [-0.2, 0) is 23.5 Å². The van der Waals surface area contributed by atoms with Crippen molar-refractivity contribution >= 4 is 26.8 Å². The summed E-state index contributed by atoms with van der Waals surface area (Å²) in [5, 5.41) is 2.94. The number of esters is 1. The third-order valence-corrected chi connectivity index (χ3v) is 8.69. The molecule has 0 spiro atoms. The third kappa shape index (κ3) is 10.4. The fourth-order valence-corrected chi connectivity index (χ4v) is 6.69. The van der Waals surface area contributed by atoms with Crippen LogP contribution in [0.15, 0.2) is 0 Å². The Labute approximate surface area is 246 Å². The number of primary amides is 1. The van der Waals surface area contributed by atoms with Gasteiger partial charge in [0.05, 0.1) is 11.3 Å². The maximum atomic E-state index is 14.2. The van der Waals surface area contributed by atoms with E-state index in [1.165, 1.54) is 0 Å². The summed E-state index contributed by atoms with van der Waals surface area (Å²) in [7, 11) is -1.86. The Kier molecular flexibility index (Phi) is 14.1. The van der Waals surface area contributed by atoms with Crippen molar-refractivity contribution in [3.05, 3.63) is 0 Å². The lowest BCUT2D eigenvalue weighted by atomic mass is 9.61. The minimum absolute atomic E-state index is 0.0314. The lowest BCUT2D eigenvalue weighted by Crippen LogP contribution is -2.69. The van der Waals surface area contributed by atoms with Crippen molar-refractivity contribution in [3.63, 3.8) is 0 Å². The summed E-state index contributed by atoms with van der Waals surface area (Å²) in [4.78, 5) is 40.1. The molecule has 10 heteroatoms. The zero-order chi connectivity index (χ0) is 32.0. The predicted molar refractivity (Wildman–Crippen MR) is 166 cm³/mol. The zero-order valence-electron chi connectivity index (χ0n) is 27.9. The Balaban J connectivity index is 7.18. The van der Waals surface area contributed by atoms with Crippen LogP contribution in [0.3, 0.4) is 0 Å². The summed E-state index contributed by atoms with van der Waals surface area (Å²) in [6, 6.07) is -0.873. The number of nitrogens with two attached hydrogens (primary N) is 3. The second-order valence-corrected chi connectivity index (χ2v) is 17.4. The van der Waals surface area contributed by atoms with Crippen LogP contribution < -0.4 is 22.5 Å². The SMILES string of the molecule is CC(C)[C@@H](CN)C[C@H](C(=O)OC(C)(C)C)[C@H](C(N)[C@](O[SiH](C)C)(C(=O)NCC(C)(C)C(N)=O)C(C)C)C(C)(C)C. The molecule has 0 aliphatic carbocycles. The van der Waals surface area contributed by atoms with Gasteiger partial charge >= 0.3 is 5.97 Å². The van der Waals surface area contributed by atoms with Gasteiger partial charge in [-0.15, -0.1) is 0 Å². The minimum atomic E-state index is -1.86. The first-order chi connectivity index (χ1) is 17.8. The van der Waals surface area contributed by atoms with Gasteiger partial charge in [-0.05, 0) is 89.8 Å². The first kappa shape index (κ1) is 38.5. The molecule has 2 amide bonds. The van der Waals surface area contributed by atoms with Crippen molar-refractivity contribution < 1.29 is 23.5 Å². The van der Waals surface area contributed by atoms with Crippen molar-refractivity contribution in [2.24, 2.45) is 57.6 Å². The number of carbonyl (C=O) groups is 3. The third-order valence-electron chi connectivity index (χ3n) is 7.83. The fraction of sp³-hybridized carbons (Fsp3) is 0.900. The average molecular weight is 587 g/mol. The molecule has 0 aromatic rings. The van der Waals surface area contributed by atoms with E-state index in [0.29, 0.717) is 13.0 Å². The first-order valence-corrected chi connectivity index (χ1v) is 17.6. The number of rotatable bonds is 15. The monoisotopic (exact) mass is 586 g/mol. The van der Waals surface area contributed by atoms with E-state index in [2.05, 4.69) is 19.2 Å². The van der Waals surface area contributed by atoms with Gasteiger partial charge < -0.3 is 31.7 Å². The highest BCUT2D eigenvalue weighted by Gasteiger charge is 2.56. The summed E-state index contributed by atoms with van der Waals surface area (Å²) in [5.41, 5.74) is 15.4. The Bertz CT molecular complexity index is 848. The van der Waals surface area contributed by atoms with Crippen LogP contribution in [0, 0.1) is 40.4 Å². The maximum absolute atomic E-state index is 14.2. The van der Waals surface area contributed by atoms with Crippen molar-refractivity contribution in [2.75, 3.05) is 13.1 Å². The van der Waals surface area contributed by atoms with Crippen molar-refractivity contribution in [2.45, 2.75) is 120 Å². The van der Waals surface area contributed by atoms with E-state index in [1.807, 2.05) is 68.5 Å². The van der Waals surface area contributed by atoms with Crippen LogP contribution in [0.1, 0.15) is 89.5 Å². The predicted octanol–water partition coefficient (Wildman–Crippen LogP) is 3.58.